The van der Waals surface area contributed by atoms with Gasteiger partial charge in [0.05, 0.1) is 18.0 Å². The van der Waals surface area contributed by atoms with Crippen molar-refractivity contribution >= 4 is 42.4 Å². The molecule has 150 valence electrons. The van der Waals surface area contributed by atoms with Gasteiger partial charge < -0.3 is 10.1 Å². The van der Waals surface area contributed by atoms with E-state index in [1.807, 2.05) is 37.3 Å². The van der Waals surface area contributed by atoms with E-state index in [-0.39, 0.29) is 5.91 Å². The Morgan fingerprint density at radius 2 is 1.93 bits per heavy atom. The standard InChI is InChI=1S/C24H23BN2O2S/c1-2-29-13-12-26-24(28)17-10-11-22-20(15-17)27-23(16-6-5-7-18(25)14-16)19-8-3-4-9-21(19)30-22/h3-11,14-15H,2,12-13,25H2,1H3,(H,26,28). The number of ether oxygens (including phenoxy) is 1. The molecule has 1 N–H and O–H groups in total. The van der Waals surface area contributed by atoms with Crippen LogP contribution >= 0.6 is 11.8 Å². The summed E-state index contributed by atoms with van der Waals surface area (Å²) < 4.78 is 5.30. The molecule has 3 aromatic carbocycles. The fraction of sp³-hybridized carbons (Fsp3) is 0.167. The van der Waals surface area contributed by atoms with Crippen LogP contribution in [0.25, 0.3) is 0 Å². The highest BCUT2D eigenvalue weighted by atomic mass is 32.2. The van der Waals surface area contributed by atoms with Crippen LogP contribution in [0.3, 0.4) is 0 Å². The summed E-state index contributed by atoms with van der Waals surface area (Å²) in [6.45, 7) is 3.58. The van der Waals surface area contributed by atoms with E-state index >= 15 is 0 Å². The predicted molar refractivity (Wildman–Crippen MR) is 126 cm³/mol. The zero-order chi connectivity index (χ0) is 20.9. The van der Waals surface area contributed by atoms with Gasteiger partial charge in [0.15, 0.2) is 0 Å². The number of hydrogen-bond donors (Lipinski definition) is 1. The van der Waals surface area contributed by atoms with Crippen molar-refractivity contribution in [2.24, 2.45) is 4.99 Å². The maximum atomic E-state index is 12.6. The first kappa shape index (κ1) is 20.4. The van der Waals surface area contributed by atoms with Gasteiger partial charge in [0.2, 0.25) is 0 Å². The third-order valence-corrected chi connectivity index (χ3v) is 5.98. The maximum Gasteiger partial charge on any atom is 0.251 e. The Hall–Kier alpha value is -2.83. The Bertz CT molecular complexity index is 1110. The van der Waals surface area contributed by atoms with Gasteiger partial charge in [-0.3, -0.25) is 4.79 Å². The van der Waals surface area contributed by atoms with Crippen molar-refractivity contribution in [2.45, 2.75) is 16.7 Å². The Labute approximate surface area is 182 Å². The fourth-order valence-electron chi connectivity index (χ4n) is 3.38. The van der Waals surface area contributed by atoms with Crippen LogP contribution in [-0.4, -0.2) is 39.2 Å². The third-order valence-electron chi connectivity index (χ3n) is 4.84. The summed E-state index contributed by atoms with van der Waals surface area (Å²) in [6, 6.07) is 22.4. The van der Waals surface area contributed by atoms with Crippen molar-refractivity contribution in [2.75, 3.05) is 19.8 Å². The molecule has 0 spiro atoms. The van der Waals surface area contributed by atoms with Gasteiger partial charge in [-0.15, -0.1) is 0 Å². The van der Waals surface area contributed by atoms with Crippen LogP contribution in [0.2, 0.25) is 0 Å². The molecular formula is C24H23BN2O2S. The molecule has 0 atom stereocenters. The summed E-state index contributed by atoms with van der Waals surface area (Å²) in [4.78, 5) is 19.8. The highest BCUT2D eigenvalue weighted by molar-refractivity contribution is 7.99. The number of rotatable bonds is 6. The van der Waals surface area contributed by atoms with Gasteiger partial charge in [-0.2, -0.15) is 0 Å². The first-order valence-corrected chi connectivity index (χ1v) is 10.9. The van der Waals surface area contributed by atoms with E-state index < -0.39 is 0 Å². The normalized spacial score (nSPS) is 12.4. The largest absolute Gasteiger partial charge is 0.380 e. The second kappa shape index (κ2) is 9.33. The number of nitrogens with zero attached hydrogens (tertiary/aromatic N) is 1. The zero-order valence-corrected chi connectivity index (χ0v) is 18.0. The van der Waals surface area contributed by atoms with Crippen molar-refractivity contribution in [3.05, 3.63) is 83.4 Å². The molecule has 0 bridgehead atoms. The average Bonchev–Trinajstić information content (AvgIpc) is 2.93. The molecule has 0 fully saturated rings. The summed E-state index contributed by atoms with van der Waals surface area (Å²) in [7, 11) is 2.08. The minimum absolute atomic E-state index is 0.114. The SMILES string of the molecule is Bc1cccc(C2=Nc3cc(C(=O)NCCOCC)ccc3Sc3ccccc32)c1. The van der Waals surface area contributed by atoms with Crippen LogP contribution in [-0.2, 0) is 4.74 Å². The van der Waals surface area contributed by atoms with Gasteiger partial charge in [-0.1, -0.05) is 59.7 Å². The summed E-state index contributed by atoms with van der Waals surface area (Å²) in [5, 5.41) is 2.90. The Morgan fingerprint density at radius 3 is 2.77 bits per heavy atom. The van der Waals surface area contributed by atoms with Crippen LogP contribution < -0.4 is 10.8 Å². The number of carbonyl (C=O) groups excluding carboxylic acids is 1. The Morgan fingerprint density at radius 1 is 1.07 bits per heavy atom. The molecule has 0 saturated carbocycles. The smallest absolute Gasteiger partial charge is 0.251 e. The molecule has 30 heavy (non-hydrogen) atoms. The first-order valence-electron chi connectivity index (χ1n) is 10.1. The first-order chi connectivity index (χ1) is 14.7. The van der Waals surface area contributed by atoms with E-state index in [1.54, 1.807) is 11.8 Å². The molecule has 0 aliphatic carbocycles. The number of benzene rings is 3. The molecule has 0 aromatic heterocycles. The third kappa shape index (κ3) is 4.50. The molecule has 4 rings (SSSR count). The fourth-order valence-corrected chi connectivity index (χ4v) is 4.38. The molecule has 1 aliphatic heterocycles. The number of nitrogens with one attached hydrogen (secondary N) is 1. The molecule has 0 unspecified atom stereocenters. The topological polar surface area (TPSA) is 50.7 Å². The number of aliphatic imine (C=N–C) groups is 1. The number of amides is 1. The van der Waals surface area contributed by atoms with Gasteiger partial charge in [-0.05, 0) is 31.2 Å². The monoisotopic (exact) mass is 414 g/mol. The second-order valence-electron chi connectivity index (χ2n) is 7.06. The lowest BCUT2D eigenvalue weighted by molar-refractivity contribution is 0.0922. The van der Waals surface area contributed by atoms with Crippen LogP contribution in [0.5, 0.6) is 0 Å². The summed E-state index contributed by atoms with van der Waals surface area (Å²) in [5.41, 5.74) is 5.70. The molecule has 1 amide bonds. The van der Waals surface area contributed by atoms with E-state index in [2.05, 4.69) is 49.6 Å². The molecule has 0 radical (unpaired) electrons. The molecule has 1 heterocycles. The predicted octanol–water partition coefficient (Wildman–Crippen LogP) is 3.35. The van der Waals surface area contributed by atoms with Crippen LogP contribution in [0.4, 0.5) is 5.69 Å². The molecule has 4 nitrogen and oxygen atoms in total. The molecule has 0 saturated heterocycles. The second-order valence-corrected chi connectivity index (χ2v) is 8.15. The van der Waals surface area contributed by atoms with Crippen molar-refractivity contribution in [3.8, 4) is 0 Å². The summed E-state index contributed by atoms with van der Waals surface area (Å²) in [6.07, 6.45) is 0. The van der Waals surface area contributed by atoms with Crippen molar-refractivity contribution in [1.82, 2.24) is 5.32 Å². The van der Waals surface area contributed by atoms with Crippen LogP contribution in [0.15, 0.2) is 81.5 Å². The summed E-state index contributed by atoms with van der Waals surface area (Å²) >= 11 is 1.68. The average molecular weight is 414 g/mol. The summed E-state index contributed by atoms with van der Waals surface area (Å²) in [5.74, 6) is -0.114. The van der Waals surface area contributed by atoms with Crippen LogP contribution in [0, 0.1) is 0 Å². The molecule has 3 aromatic rings. The zero-order valence-electron chi connectivity index (χ0n) is 17.1. The van der Waals surface area contributed by atoms with E-state index in [1.165, 1.54) is 5.46 Å². The lowest BCUT2D eigenvalue weighted by Gasteiger charge is -2.09. The van der Waals surface area contributed by atoms with E-state index in [9.17, 15) is 4.79 Å². The number of fused-ring (bicyclic) bond motifs is 2. The maximum absolute atomic E-state index is 12.6. The number of hydrogen-bond acceptors (Lipinski definition) is 4. The van der Waals surface area contributed by atoms with Gasteiger partial charge in [0.1, 0.15) is 7.85 Å². The van der Waals surface area contributed by atoms with Gasteiger partial charge in [-0.25, -0.2) is 4.99 Å². The molecule has 6 heteroatoms. The minimum Gasteiger partial charge on any atom is -0.380 e. The van der Waals surface area contributed by atoms with E-state index in [0.717, 1.165) is 32.3 Å². The Kier molecular flexibility index (Phi) is 6.36. The van der Waals surface area contributed by atoms with Crippen molar-refractivity contribution in [3.63, 3.8) is 0 Å². The van der Waals surface area contributed by atoms with E-state index in [0.29, 0.717) is 25.3 Å². The Balaban J connectivity index is 1.73. The number of carbonyl (C=O) groups is 1. The van der Waals surface area contributed by atoms with Crippen molar-refractivity contribution < 1.29 is 9.53 Å². The van der Waals surface area contributed by atoms with Gasteiger partial charge in [0.25, 0.3) is 5.91 Å². The minimum atomic E-state index is -0.114. The lowest BCUT2D eigenvalue weighted by Crippen LogP contribution is -2.27. The van der Waals surface area contributed by atoms with Crippen LogP contribution in [0.1, 0.15) is 28.4 Å². The molecular weight excluding hydrogens is 391 g/mol. The highest BCUT2D eigenvalue weighted by Gasteiger charge is 2.20. The van der Waals surface area contributed by atoms with Crippen molar-refractivity contribution in [1.29, 1.82) is 0 Å². The van der Waals surface area contributed by atoms with Gasteiger partial charge >= 0.3 is 0 Å². The highest BCUT2D eigenvalue weighted by Crippen LogP contribution is 2.41. The van der Waals surface area contributed by atoms with E-state index in [4.69, 9.17) is 9.73 Å². The van der Waals surface area contributed by atoms with Gasteiger partial charge in [0, 0.05) is 39.6 Å². The lowest BCUT2D eigenvalue weighted by atomic mass is 9.91. The molecule has 1 aliphatic rings. The quantitative estimate of drug-likeness (QED) is 0.389.